The van der Waals surface area contributed by atoms with E-state index in [9.17, 15) is 4.79 Å². The van der Waals surface area contributed by atoms with Gasteiger partial charge in [-0.25, -0.2) is 0 Å². The molecule has 1 amide bonds. The maximum atomic E-state index is 12.0. The first-order valence-electron chi connectivity index (χ1n) is 6.88. The Balaban J connectivity index is 0.00000361. The van der Waals surface area contributed by atoms with Crippen LogP contribution >= 0.6 is 12.4 Å². The fourth-order valence-electron chi connectivity index (χ4n) is 1.91. The van der Waals surface area contributed by atoms with Crippen LogP contribution in [0.5, 0.6) is 0 Å². The molecule has 1 rings (SSSR count). The molecule has 0 bridgehead atoms. The van der Waals surface area contributed by atoms with Gasteiger partial charge in [0.1, 0.15) is 0 Å². The van der Waals surface area contributed by atoms with E-state index in [1.807, 2.05) is 39.0 Å². The molecule has 2 unspecified atom stereocenters. The highest BCUT2D eigenvalue weighted by Gasteiger charge is 2.30. The number of nitrogens with two attached hydrogens (primary N) is 1. The molecule has 114 valence electrons. The highest BCUT2D eigenvalue weighted by molar-refractivity contribution is 5.85. The minimum absolute atomic E-state index is 0. The molecule has 0 saturated heterocycles. The highest BCUT2D eigenvalue weighted by atomic mass is 35.5. The Morgan fingerprint density at radius 1 is 1.15 bits per heavy atom. The minimum atomic E-state index is -0.450. The lowest BCUT2D eigenvalue weighted by Gasteiger charge is -2.34. The first-order chi connectivity index (χ1) is 8.76. The predicted octanol–water partition coefficient (Wildman–Crippen LogP) is 2.87. The van der Waals surface area contributed by atoms with Crippen LogP contribution in [0.3, 0.4) is 0 Å². The predicted molar refractivity (Wildman–Crippen MR) is 87.1 cm³/mol. The Bertz CT molecular complexity index is 418. The summed E-state index contributed by atoms with van der Waals surface area (Å²) in [6, 6.07) is 9.78. The summed E-state index contributed by atoms with van der Waals surface area (Å²) in [5.74, 6) is 0.0681. The maximum Gasteiger partial charge on any atom is 0.237 e. The molecule has 0 aliphatic carbocycles. The number of amides is 1. The standard InChI is InChI=1S/C16H26N2O.ClH/c1-11(2)14(17)15(19)18-12(3)16(4,5)13-9-7-6-8-10-13;/h6-12,14H,17H2,1-5H3,(H,18,19);1H. The molecular formula is C16H27ClN2O. The lowest BCUT2D eigenvalue weighted by molar-refractivity contribution is -0.124. The number of rotatable bonds is 5. The molecule has 0 aromatic heterocycles. The fourth-order valence-corrected chi connectivity index (χ4v) is 1.91. The number of halogens is 1. The normalized spacial score (nSPS) is 14.3. The second-order valence-electron chi connectivity index (χ2n) is 6.09. The van der Waals surface area contributed by atoms with Crippen molar-refractivity contribution < 1.29 is 4.79 Å². The third-order valence-electron chi connectivity index (χ3n) is 3.98. The summed E-state index contributed by atoms with van der Waals surface area (Å²) >= 11 is 0. The van der Waals surface area contributed by atoms with Gasteiger partial charge in [0.25, 0.3) is 0 Å². The van der Waals surface area contributed by atoms with Gasteiger partial charge in [0, 0.05) is 11.5 Å². The molecule has 0 fully saturated rings. The van der Waals surface area contributed by atoms with Crippen LogP contribution in [0.25, 0.3) is 0 Å². The Morgan fingerprint density at radius 3 is 2.10 bits per heavy atom. The number of benzene rings is 1. The monoisotopic (exact) mass is 298 g/mol. The molecule has 0 aliphatic rings. The SMILES string of the molecule is CC(C)C(N)C(=O)NC(C)C(C)(C)c1ccccc1.Cl. The van der Waals surface area contributed by atoms with Crippen molar-refractivity contribution in [1.29, 1.82) is 0 Å². The average Bonchev–Trinajstić information content (AvgIpc) is 2.38. The topological polar surface area (TPSA) is 55.1 Å². The molecule has 2 atom stereocenters. The van der Waals surface area contributed by atoms with E-state index in [2.05, 4.69) is 31.3 Å². The Hall–Kier alpha value is -1.06. The smallest absolute Gasteiger partial charge is 0.237 e. The van der Waals surface area contributed by atoms with E-state index in [4.69, 9.17) is 5.73 Å². The van der Waals surface area contributed by atoms with Crippen LogP contribution in [-0.4, -0.2) is 18.0 Å². The molecule has 0 heterocycles. The molecule has 1 aromatic rings. The number of hydrogen-bond donors (Lipinski definition) is 2. The molecule has 0 radical (unpaired) electrons. The maximum absolute atomic E-state index is 12.0. The van der Waals surface area contributed by atoms with Crippen LogP contribution in [0.2, 0.25) is 0 Å². The van der Waals surface area contributed by atoms with E-state index < -0.39 is 6.04 Å². The lowest BCUT2D eigenvalue weighted by atomic mass is 9.78. The van der Waals surface area contributed by atoms with Crippen molar-refractivity contribution in [2.24, 2.45) is 11.7 Å². The second kappa shape index (κ2) is 7.65. The van der Waals surface area contributed by atoms with Gasteiger partial charge in [-0.2, -0.15) is 0 Å². The molecule has 4 heteroatoms. The summed E-state index contributed by atoms with van der Waals surface area (Å²) in [6.07, 6.45) is 0. The van der Waals surface area contributed by atoms with E-state index in [1.54, 1.807) is 0 Å². The van der Waals surface area contributed by atoms with Crippen LogP contribution in [0, 0.1) is 5.92 Å². The van der Waals surface area contributed by atoms with Gasteiger partial charge < -0.3 is 11.1 Å². The van der Waals surface area contributed by atoms with Gasteiger partial charge in [0.05, 0.1) is 6.04 Å². The van der Waals surface area contributed by atoms with E-state index >= 15 is 0 Å². The van der Waals surface area contributed by atoms with Crippen LogP contribution < -0.4 is 11.1 Å². The first-order valence-corrected chi connectivity index (χ1v) is 6.88. The summed E-state index contributed by atoms with van der Waals surface area (Å²) in [5, 5.41) is 3.04. The summed E-state index contributed by atoms with van der Waals surface area (Å²) in [7, 11) is 0. The van der Waals surface area contributed by atoms with Crippen LogP contribution in [0.4, 0.5) is 0 Å². The van der Waals surface area contributed by atoms with Crippen molar-refractivity contribution >= 4 is 18.3 Å². The molecule has 0 aliphatic heterocycles. The number of hydrogen-bond acceptors (Lipinski definition) is 2. The zero-order chi connectivity index (χ0) is 14.6. The number of carbonyl (C=O) groups excluding carboxylic acids is 1. The largest absolute Gasteiger partial charge is 0.351 e. The quantitative estimate of drug-likeness (QED) is 0.878. The van der Waals surface area contributed by atoms with E-state index in [0.717, 1.165) is 0 Å². The first kappa shape index (κ1) is 18.9. The summed E-state index contributed by atoms with van der Waals surface area (Å²) in [6.45, 7) is 10.2. The average molecular weight is 299 g/mol. The molecule has 1 aromatic carbocycles. The Kier molecular flexibility index (Phi) is 7.25. The molecule has 3 nitrogen and oxygen atoms in total. The van der Waals surface area contributed by atoms with Crippen molar-refractivity contribution in [1.82, 2.24) is 5.32 Å². The third kappa shape index (κ3) is 4.50. The van der Waals surface area contributed by atoms with Crippen LogP contribution in [0.15, 0.2) is 30.3 Å². The van der Waals surface area contributed by atoms with Gasteiger partial charge in [-0.05, 0) is 18.4 Å². The summed E-state index contributed by atoms with van der Waals surface area (Å²) in [5.41, 5.74) is 6.96. The molecule has 0 saturated carbocycles. The Morgan fingerprint density at radius 2 is 1.65 bits per heavy atom. The van der Waals surface area contributed by atoms with Crippen LogP contribution in [0.1, 0.15) is 40.2 Å². The van der Waals surface area contributed by atoms with Gasteiger partial charge >= 0.3 is 0 Å². The molecule has 3 N–H and O–H groups in total. The second-order valence-corrected chi connectivity index (χ2v) is 6.09. The van der Waals surface area contributed by atoms with Crippen molar-refractivity contribution in [3.05, 3.63) is 35.9 Å². The lowest BCUT2D eigenvalue weighted by Crippen LogP contribution is -2.52. The summed E-state index contributed by atoms with van der Waals surface area (Å²) in [4.78, 5) is 12.0. The van der Waals surface area contributed by atoms with E-state index in [0.29, 0.717) is 0 Å². The van der Waals surface area contributed by atoms with Crippen molar-refractivity contribution in [2.45, 2.75) is 52.1 Å². The zero-order valence-corrected chi connectivity index (χ0v) is 13.8. The van der Waals surface area contributed by atoms with Crippen molar-refractivity contribution in [3.8, 4) is 0 Å². The van der Waals surface area contributed by atoms with Gasteiger partial charge in [-0.1, -0.05) is 58.0 Å². The summed E-state index contributed by atoms with van der Waals surface area (Å²) < 4.78 is 0. The zero-order valence-electron chi connectivity index (χ0n) is 13.0. The minimum Gasteiger partial charge on any atom is -0.351 e. The van der Waals surface area contributed by atoms with Crippen molar-refractivity contribution in [2.75, 3.05) is 0 Å². The highest BCUT2D eigenvalue weighted by Crippen LogP contribution is 2.26. The molecule has 20 heavy (non-hydrogen) atoms. The molecular weight excluding hydrogens is 272 g/mol. The van der Waals surface area contributed by atoms with Gasteiger partial charge in [-0.15, -0.1) is 12.4 Å². The van der Waals surface area contributed by atoms with Crippen LogP contribution in [-0.2, 0) is 10.2 Å². The van der Waals surface area contributed by atoms with Gasteiger partial charge in [0.15, 0.2) is 0 Å². The molecule has 0 spiro atoms. The van der Waals surface area contributed by atoms with E-state index in [1.165, 1.54) is 5.56 Å². The third-order valence-corrected chi connectivity index (χ3v) is 3.98. The van der Waals surface area contributed by atoms with E-state index in [-0.39, 0.29) is 35.7 Å². The number of nitrogens with one attached hydrogen (secondary N) is 1. The Labute approximate surface area is 128 Å². The van der Waals surface area contributed by atoms with Gasteiger partial charge in [0.2, 0.25) is 5.91 Å². The van der Waals surface area contributed by atoms with Crippen molar-refractivity contribution in [3.63, 3.8) is 0 Å². The van der Waals surface area contributed by atoms with Gasteiger partial charge in [-0.3, -0.25) is 4.79 Å². The number of carbonyl (C=O) groups is 1. The fraction of sp³-hybridized carbons (Fsp3) is 0.562.